The first kappa shape index (κ1) is 11.2. The Morgan fingerprint density at radius 2 is 2.25 bits per heavy atom. The minimum absolute atomic E-state index is 0.0333. The van der Waals surface area contributed by atoms with Gasteiger partial charge < -0.3 is 4.74 Å². The summed E-state index contributed by atoms with van der Waals surface area (Å²) in [6.45, 7) is 1.39. The molecule has 0 bridgehead atoms. The van der Waals surface area contributed by atoms with Crippen LogP contribution in [0.25, 0.3) is 0 Å². The van der Waals surface area contributed by atoms with Gasteiger partial charge in [0.25, 0.3) is 0 Å². The number of nitrogens with zero attached hydrogens (tertiary/aromatic N) is 1. The van der Waals surface area contributed by atoms with Crippen LogP contribution >= 0.6 is 0 Å². The highest BCUT2D eigenvalue weighted by atomic mass is 19.1. The minimum Gasteiger partial charge on any atom is -0.381 e. The molecule has 0 radical (unpaired) electrons. The number of hydrogen-bond donors (Lipinski definition) is 0. The van der Waals surface area contributed by atoms with Gasteiger partial charge in [-0.2, -0.15) is 0 Å². The SMILES string of the molecule is O=C(CC1CCOCC1)c1ncccc1F. The van der Waals surface area contributed by atoms with E-state index in [1.54, 1.807) is 0 Å². The van der Waals surface area contributed by atoms with Crippen molar-refractivity contribution in [3.05, 3.63) is 29.8 Å². The molecule has 0 aliphatic carbocycles. The summed E-state index contributed by atoms with van der Waals surface area (Å²) in [6.07, 6.45) is 3.57. The van der Waals surface area contributed by atoms with Crippen LogP contribution in [0.5, 0.6) is 0 Å². The Hall–Kier alpha value is -1.29. The highest BCUT2D eigenvalue weighted by Crippen LogP contribution is 2.20. The zero-order valence-electron chi connectivity index (χ0n) is 8.99. The topological polar surface area (TPSA) is 39.2 Å². The predicted molar refractivity (Wildman–Crippen MR) is 56.7 cm³/mol. The number of ether oxygens (including phenoxy) is 1. The summed E-state index contributed by atoms with van der Waals surface area (Å²) in [5.41, 5.74) is -0.0333. The first-order valence-corrected chi connectivity index (χ1v) is 5.49. The second-order valence-electron chi connectivity index (χ2n) is 4.02. The van der Waals surface area contributed by atoms with E-state index < -0.39 is 5.82 Å². The van der Waals surface area contributed by atoms with Gasteiger partial charge in [0.2, 0.25) is 0 Å². The van der Waals surface area contributed by atoms with Gasteiger partial charge in [-0.1, -0.05) is 0 Å². The molecule has 0 spiro atoms. The average molecular weight is 223 g/mol. The summed E-state index contributed by atoms with van der Waals surface area (Å²) in [7, 11) is 0. The molecule has 1 aliphatic rings. The fourth-order valence-corrected chi connectivity index (χ4v) is 1.90. The number of carbonyl (C=O) groups is 1. The highest BCUT2D eigenvalue weighted by molar-refractivity contribution is 5.94. The molecule has 0 N–H and O–H groups in total. The Balaban J connectivity index is 2.00. The highest BCUT2D eigenvalue weighted by Gasteiger charge is 2.20. The lowest BCUT2D eigenvalue weighted by molar-refractivity contribution is 0.0598. The standard InChI is InChI=1S/C12H14FNO2/c13-10-2-1-5-14-12(10)11(15)8-9-3-6-16-7-4-9/h1-2,5,9H,3-4,6-8H2. The van der Waals surface area contributed by atoms with Gasteiger partial charge in [-0.25, -0.2) is 4.39 Å². The molecule has 4 heteroatoms. The van der Waals surface area contributed by atoms with Crippen LogP contribution in [-0.2, 0) is 4.74 Å². The van der Waals surface area contributed by atoms with Crippen molar-refractivity contribution in [3.63, 3.8) is 0 Å². The molecule has 0 amide bonds. The molecular weight excluding hydrogens is 209 g/mol. The fourth-order valence-electron chi connectivity index (χ4n) is 1.90. The molecule has 1 aliphatic heterocycles. The number of ketones is 1. The third kappa shape index (κ3) is 2.64. The molecule has 0 saturated carbocycles. The van der Waals surface area contributed by atoms with Gasteiger partial charge in [0.05, 0.1) is 0 Å². The Morgan fingerprint density at radius 3 is 2.94 bits per heavy atom. The minimum atomic E-state index is -0.528. The van der Waals surface area contributed by atoms with E-state index in [0.29, 0.717) is 25.6 Å². The van der Waals surface area contributed by atoms with Crippen LogP contribution < -0.4 is 0 Å². The second-order valence-corrected chi connectivity index (χ2v) is 4.02. The van der Waals surface area contributed by atoms with Crippen LogP contribution in [0, 0.1) is 11.7 Å². The van der Waals surface area contributed by atoms with Crippen LogP contribution in [0.3, 0.4) is 0 Å². The molecule has 16 heavy (non-hydrogen) atoms. The summed E-state index contributed by atoms with van der Waals surface area (Å²) in [4.78, 5) is 15.6. The normalized spacial score (nSPS) is 17.3. The summed E-state index contributed by atoms with van der Waals surface area (Å²) in [6, 6.07) is 2.75. The second kappa shape index (κ2) is 5.16. The van der Waals surface area contributed by atoms with Crippen molar-refractivity contribution in [3.8, 4) is 0 Å². The summed E-state index contributed by atoms with van der Waals surface area (Å²) in [5.74, 6) is -0.424. The molecular formula is C12H14FNO2. The van der Waals surface area contributed by atoms with Crippen molar-refractivity contribution in [1.82, 2.24) is 4.98 Å². The van der Waals surface area contributed by atoms with Crippen molar-refractivity contribution < 1.29 is 13.9 Å². The summed E-state index contributed by atoms with van der Waals surface area (Å²) >= 11 is 0. The summed E-state index contributed by atoms with van der Waals surface area (Å²) < 4.78 is 18.5. The van der Waals surface area contributed by atoms with E-state index in [2.05, 4.69) is 4.98 Å². The van der Waals surface area contributed by atoms with E-state index in [1.807, 2.05) is 0 Å². The van der Waals surface area contributed by atoms with E-state index in [4.69, 9.17) is 4.74 Å². The largest absolute Gasteiger partial charge is 0.381 e. The van der Waals surface area contributed by atoms with E-state index in [1.165, 1.54) is 18.3 Å². The first-order valence-electron chi connectivity index (χ1n) is 5.49. The fraction of sp³-hybridized carbons (Fsp3) is 0.500. The van der Waals surface area contributed by atoms with Crippen LogP contribution in [-0.4, -0.2) is 24.0 Å². The number of pyridine rings is 1. The molecule has 2 rings (SSSR count). The first-order chi connectivity index (χ1) is 7.77. The lowest BCUT2D eigenvalue weighted by Crippen LogP contribution is -2.19. The number of halogens is 1. The van der Waals surface area contributed by atoms with Gasteiger partial charge in [-0.15, -0.1) is 0 Å². The molecule has 2 heterocycles. The molecule has 0 aromatic carbocycles. The smallest absolute Gasteiger partial charge is 0.184 e. The van der Waals surface area contributed by atoms with E-state index >= 15 is 0 Å². The number of rotatable bonds is 3. The average Bonchev–Trinajstić information content (AvgIpc) is 2.31. The molecule has 1 aromatic rings. The van der Waals surface area contributed by atoms with Crippen molar-refractivity contribution in [2.45, 2.75) is 19.3 Å². The Morgan fingerprint density at radius 1 is 1.50 bits per heavy atom. The summed E-state index contributed by atoms with van der Waals surface area (Å²) in [5, 5.41) is 0. The number of aromatic nitrogens is 1. The maximum atomic E-state index is 13.3. The van der Waals surface area contributed by atoms with Gasteiger partial charge >= 0.3 is 0 Å². The Kier molecular flexibility index (Phi) is 3.62. The molecule has 1 aromatic heterocycles. The zero-order chi connectivity index (χ0) is 11.4. The van der Waals surface area contributed by atoms with E-state index in [-0.39, 0.29) is 11.5 Å². The Bertz CT molecular complexity index is 375. The van der Waals surface area contributed by atoms with Crippen molar-refractivity contribution in [1.29, 1.82) is 0 Å². The number of Topliss-reactive ketones (excluding diaryl/α,β-unsaturated/α-hetero) is 1. The lowest BCUT2D eigenvalue weighted by Gasteiger charge is -2.20. The number of hydrogen-bond acceptors (Lipinski definition) is 3. The van der Waals surface area contributed by atoms with E-state index in [9.17, 15) is 9.18 Å². The lowest BCUT2D eigenvalue weighted by atomic mass is 9.93. The van der Waals surface area contributed by atoms with Crippen molar-refractivity contribution in [2.75, 3.05) is 13.2 Å². The van der Waals surface area contributed by atoms with Gasteiger partial charge in [0, 0.05) is 25.8 Å². The van der Waals surface area contributed by atoms with Gasteiger partial charge in [0.15, 0.2) is 11.6 Å². The zero-order valence-corrected chi connectivity index (χ0v) is 8.99. The van der Waals surface area contributed by atoms with Crippen LogP contribution in [0.2, 0.25) is 0 Å². The molecule has 86 valence electrons. The predicted octanol–water partition coefficient (Wildman–Crippen LogP) is 2.22. The maximum absolute atomic E-state index is 13.3. The third-order valence-corrected chi connectivity index (χ3v) is 2.84. The van der Waals surface area contributed by atoms with Gasteiger partial charge in [0.1, 0.15) is 5.69 Å². The van der Waals surface area contributed by atoms with Crippen molar-refractivity contribution >= 4 is 5.78 Å². The van der Waals surface area contributed by atoms with Crippen LogP contribution in [0.1, 0.15) is 29.8 Å². The molecule has 3 nitrogen and oxygen atoms in total. The quantitative estimate of drug-likeness (QED) is 0.737. The molecule has 0 unspecified atom stereocenters. The molecule has 1 saturated heterocycles. The molecule has 1 fully saturated rings. The van der Waals surface area contributed by atoms with Crippen LogP contribution in [0.15, 0.2) is 18.3 Å². The van der Waals surface area contributed by atoms with Gasteiger partial charge in [-0.05, 0) is 30.9 Å². The maximum Gasteiger partial charge on any atom is 0.184 e. The molecule has 0 atom stereocenters. The number of carbonyl (C=O) groups excluding carboxylic acids is 1. The van der Waals surface area contributed by atoms with Crippen molar-refractivity contribution in [2.24, 2.45) is 5.92 Å². The monoisotopic (exact) mass is 223 g/mol. The van der Waals surface area contributed by atoms with E-state index in [0.717, 1.165) is 12.8 Å². The third-order valence-electron chi connectivity index (χ3n) is 2.84. The Labute approximate surface area is 93.6 Å². The van der Waals surface area contributed by atoms with Crippen LogP contribution in [0.4, 0.5) is 4.39 Å². The van der Waals surface area contributed by atoms with Gasteiger partial charge in [-0.3, -0.25) is 9.78 Å².